The van der Waals surface area contributed by atoms with Crippen molar-refractivity contribution in [2.75, 3.05) is 13.7 Å². The largest absolute Gasteiger partial charge is 0.497 e. The van der Waals surface area contributed by atoms with Crippen LogP contribution in [0.5, 0.6) is 11.5 Å². The Bertz CT molecular complexity index is 761. The van der Waals surface area contributed by atoms with Gasteiger partial charge in [-0.05, 0) is 55.8 Å². The zero-order valence-corrected chi connectivity index (χ0v) is 16.3. The van der Waals surface area contributed by atoms with Crippen LogP contribution in [-0.4, -0.2) is 35.9 Å². The van der Waals surface area contributed by atoms with Crippen LogP contribution >= 0.6 is 11.8 Å². The second kappa shape index (κ2) is 9.87. The Morgan fingerprint density at radius 3 is 2.19 bits per heavy atom. The maximum absolute atomic E-state index is 12.5. The van der Waals surface area contributed by atoms with Crippen LogP contribution in [0.3, 0.4) is 0 Å². The Kier molecular flexibility index (Phi) is 7.55. The van der Waals surface area contributed by atoms with Gasteiger partial charge in [0.1, 0.15) is 11.5 Å². The number of benzene rings is 2. The molecule has 0 aliphatic heterocycles. The minimum atomic E-state index is -1.02. The van der Waals surface area contributed by atoms with Gasteiger partial charge in [-0.3, -0.25) is 4.79 Å². The van der Waals surface area contributed by atoms with Gasteiger partial charge in [-0.1, -0.05) is 12.1 Å². The molecule has 144 valence electrons. The molecule has 0 bridgehead atoms. The number of hydrogen-bond donors (Lipinski definition) is 2. The summed E-state index contributed by atoms with van der Waals surface area (Å²) in [5.41, 5.74) is 0.910. The molecule has 2 N–H and O–H groups in total. The maximum atomic E-state index is 12.5. The van der Waals surface area contributed by atoms with E-state index in [0.717, 1.165) is 16.2 Å². The van der Waals surface area contributed by atoms with Crippen LogP contribution in [0.4, 0.5) is 0 Å². The highest BCUT2D eigenvalue weighted by Crippen LogP contribution is 2.26. The van der Waals surface area contributed by atoms with Crippen LogP contribution in [0.1, 0.15) is 25.5 Å². The number of hydrogen-bond acceptors (Lipinski definition) is 5. The number of thioether (sulfide) groups is 1. The van der Waals surface area contributed by atoms with Crippen LogP contribution in [0.2, 0.25) is 0 Å². The van der Waals surface area contributed by atoms with Gasteiger partial charge >= 0.3 is 5.97 Å². The lowest BCUT2D eigenvalue weighted by Crippen LogP contribution is -2.33. The molecule has 27 heavy (non-hydrogen) atoms. The third-order valence-corrected chi connectivity index (χ3v) is 4.95. The number of amides is 1. The number of aliphatic carboxylic acids is 1. The van der Waals surface area contributed by atoms with Crippen LogP contribution in [0.15, 0.2) is 53.4 Å². The highest BCUT2D eigenvalue weighted by Gasteiger charge is 2.17. The van der Waals surface area contributed by atoms with Crippen molar-refractivity contribution in [2.24, 2.45) is 0 Å². The third-order valence-electron chi connectivity index (χ3n) is 3.84. The molecule has 2 aromatic rings. The third kappa shape index (κ3) is 6.53. The fourth-order valence-corrected chi connectivity index (χ4v) is 3.20. The first-order valence-electron chi connectivity index (χ1n) is 8.44. The number of carbonyl (C=O) groups excluding carboxylic acids is 1. The summed E-state index contributed by atoms with van der Waals surface area (Å²) in [6.45, 7) is 3.38. The first-order valence-corrected chi connectivity index (χ1v) is 9.32. The molecule has 0 spiro atoms. The summed E-state index contributed by atoms with van der Waals surface area (Å²) in [6, 6.07) is 14.4. The van der Waals surface area contributed by atoms with E-state index in [1.165, 1.54) is 11.8 Å². The Hall–Kier alpha value is -2.67. The lowest BCUT2D eigenvalue weighted by molar-refractivity contribution is -0.139. The first-order chi connectivity index (χ1) is 12.9. The van der Waals surface area contributed by atoms with Crippen molar-refractivity contribution in [2.45, 2.75) is 30.0 Å². The number of methoxy groups -OCH3 is 1. The summed E-state index contributed by atoms with van der Waals surface area (Å²) < 4.78 is 10.2. The Morgan fingerprint density at radius 1 is 1.04 bits per heavy atom. The molecule has 0 aliphatic carbocycles. The molecular weight excluding hydrogens is 366 g/mol. The van der Waals surface area contributed by atoms with E-state index in [1.54, 1.807) is 19.2 Å². The van der Waals surface area contributed by atoms with Gasteiger partial charge in [0.05, 0.1) is 18.4 Å². The van der Waals surface area contributed by atoms with Gasteiger partial charge < -0.3 is 19.9 Å². The number of carbonyl (C=O) groups is 2. The van der Waals surface area contributed by atoms with E-state index in [9.17, 15) is 9.59 Å². The van der Waals surface area contributed by atoms with E-state index < -0.39 is 5.97 Å². The van der Waals surface area contributed by atoms with Gasteiger partial charge in [-0.15, -0.1) is 11.8 Å². The van der Waals surface area contributed by atoms with E-state index >= 15 is 0 Å². The van der Waals surface area contributed by atoms with E-state index in [4.69, 9.17) is 14.6 Å². The van der Waals surface area contributed by atoms with Gasteiger partial charge in [0.2, 0.25) is 5.91 Å². The fraction of sp³-hybridized carbons (Fsp3) is 0.300. The molecule has 0 radical (unpaired) electrons. The zero-order valence-electron chi connectivity index (χ0n) is 15.5. The number of carboxylic acid groups (broad SMARTS) is 1. The second-order valence-corrected chi connectivity index (χ2v) is 7.33. The fourth-order valence-electron chi connectivity index (χ4n) is 2.32. The molecule has 0 saturated carbocycles. The Balaban J connectivity index is 1.88. The molecule has 2 unspecified atom stereocenters. The summed E-state index contributed by atoms with van der Waals surface area (Å²) >= 11 is 1.48. The first kappa shape index (κ1) is 20.6. The molecule has 0 aromatic heterocycles. The van der Waals surface area contributed by atoms with Gasteiger partial charge in [0, 0.05) is 4.90 Å². The molecule has 2 aromatic carbocycles. The van der Waals surface area contributed by atoms with Crippen LogP contribution < -0.4 is 14.8 Å². The van der Waals surface area contributed by atoms with Crippen molar-refractivity contribution in [3.63, 3.8) is 0 Å². The lowest BCUT2D eigenvalue weighted by Gasteiger charge is -2.18. The molecule has 6 nitrogen and oxygen atoms in total. The summed E-state index contributed by atoms with van der Waals surface area (Å²) in [6.07, 6.45) is 0. The van der Waals surface area contributed by atoms with Crippen molar-refractivity contribution < 1.29 is 24.2 Å². The second-order valence-electron chi connectivity index (χ2n) is 5.92. The number of carboxylic acids is 1. The highest BCUT2D eigenvalue weighted by molar-refractivity contribution is 8.00. The molecule has 2 rings (SSSR count). The highest BCUT2D eigenvalue weighted by atomic mass is 32.2. The monoisotopic (exact) mass is 389 g/mol. The molecule has 0 saturated heterocycles. The van der Waals surface area contributed by atoms with Crippen molar-refractivity contribution in [3.8, 4) is 11.5 Å². The summed E-state index contributed by atoms with van der Waals surface area (Å²) in [4.78, 5) is 24.0. The van der Waals surface area contributed by atoms with Crippen LogP contribution in [0, 0.1) is 0 Å². The molecule has 0 fully saturated rings. The van der Waals surface area contributed by atoms with E-state index in [0.29, 0.717) is 5.75 Å². The normalized spacial score (nSPS) is 12.7. The smallest absolute Gasteiger partial charge is 0.341 e. The standard InChI is InChI=1S/C20H23NO5S/c1-13(15-4-6-17(7-5-15)26-12-19(22)23)21-20(24)14(2)27-18-10-8-16(25-3)9-11-18/h4-11,13-14H,12H2,1-3H3,(H,21,24)(H,22,23). The average Bonchev–Trinajstić information content (AvgIpc) is 2.67. The van der Waals surface area contributed by atoms with Crippen LogP contribution in [0.25, 0.3) is 0 Å². The molecular formula is C20H23NO5S. The predicted molar refractivity (Wildman–Crippen MR) is 104 cm³/mol. The van der Waals surface area contributed by atoms with Gasteiger partial charge in [0.25, 0.3) is 0 Å². The van der Waals surface area contributed by atoms with E-state index in [1.807, 2.05) is 50.2 Å². The van der Waals surface area contributed by atoms with Crippen molar-refractivity contribution in [1.82, 2.24) is 5.32 Å². The Labute approximate surface area is 162 Å². The van der Waals surface area contributed by atoms with Crippen molar-refractivity contribution in [1.29, 1.82) is 0 Å². The molecule has 2 atom stereocenters. The van der Waals surface area contributed by atoms with Crippen molar-refractivity contribution >= 4 is 23.6 Å². The number of ether oxygens (including phenoxy) is 2. The van der Waals surface area contributed by atoms with Gasteiger partial charge in [0.15, 0.2) is 6.61 Å². The van der Waals surface area contributed by atoms with Gasteiger partial charge in [-0.25, -0.2) is 4.79 Å². The molecule has 1 amide bonds. The lowest BCUT2D eigenvalue weighted by atomic mass is 10.1. The number of nitrogens with one attached hydrogen (secondary N) is 1. The Morgan fingerprint density at radius 2 is 1.63 bits per heavy atom. The van der Waals surface area contributed by atoms with E-state index in [-0.39, 0.29) is 23.8 Å². The minimum absolute atomic E-state index is 0.0606. The van der Waals surface area contributed by atoms with Gasteiger partial charge in [-0.2, -0.15) is 0 Å². The topological polar surface area (TPSA) is 84.9 Å². The van der Waals surface area contributed by atoms with Crippen molar-refractivity contribution in [3.05, 3.63) is 54.1 Å². The summed E-state index contributed by atoms with van der Waals surface area (Å²) in [7, 11) is 1.62. The quantitative estimate of drug-likeness (QED) is 0.639. The van der Waals surface area contributed by atoms with E-state index in [2.05, 4.69) is 5.32 Å². The molecule has 7 heteroatoms. The molecule has 0 aliphatic rings. The minimum Gasteiger partial charge on any atom is -0.497 e. The summed E-state index contributed by atoms with van der Waals surface area (Å²) in [5, 5.41) is 11.4. The molecule has 0 heterocycles. The SMILES string of the molecule is COc1ccc(SC(C)C(=O)NC(C)c2ccc(OCC(=O)O)cc2)cc1. The van der Waals surface area contributed by atoms with Crippen LogP contribution in [-0.2, 0) is 9.59 Å². The predicted octanol–water partition coefficient (Wildman–Crippen LogP) is 3.52. The maximum Gasteiger partial charge on any atom is 0.341 e. The average molecular weight is 389 g/mol. The summed E-state index contributed by atoms with van der Waals surface area (Å²) in [5.74, 6) is 0.168. The number of rotatable bonds is 9. The zero-order chi connectivity index (χ0) is 19.8.